The third kappa shape index (κ3) is 4.32. The van der Waals surface area contributed by atoms with Gasteiger partial charge in [-0.1, -0.05) is 32.1 Å². The van der Waals surface area contributed by atoms with Crippen LogP contribution in [0, 0.1) is 5.41 Å². The van der Waals surface area contributed by atoms with Gasteiger partial charge in [0.25, 0.3) is 5.91 Å². The summed E-state index contributed by atoms with van der Waals surface area (Å²) in [6.07, 6.45) is 10.6. The van der Waals surface area contributed by atoms with Gasteiger partial charge in [-0.3, -0.25) is 9.79 Å². The van der Waals surface area contributed by atoms with Gasteiger partial charge in [0.1, 0.15) is 5.71 Å². The molecule has 1 rings (SSSR count). The van der Waals surface area contributed by atoms with Crippen LogP contribution in [0.5, 0.6) is 0 Å². The highest BCUT2D eigenvalue weighted by molar-refractivity contribution is 6.43. The van der Waals surface area contributed by atoms with E-state index in [9.17, 15) is 4.79 Å². The molecule has 0 fully saturated rings. The molecule has 3 nitrogen and oxygen atoms in total. The van der Waals surface area contributed by atoms with Crippen LogP contribution in [0.2, 0.25) is 0 Å². The van der Waals surface area contributed by atoms with Crippen molar-refractivity contribution in [3.05, 3.63) is 36.1 Å². The van der Waals surface area contributed by atoms with Crippen molar-refractivity contribution in [2.45, 2.75) is 34.1 Å². The van der Waals surface area contributed by atoms with E-state index in [1.165, 1.54) is 0 Å². The van der Waals surface area contributed by atoms with Crippen molar-refractivity contribution in [2.24, 2.45) is 10.4 Å². The van der Waals surface area contributed by atoms with Crippen molar-refractivity contribution in [1.29, 1.82) is 0 Å². The van der Waals surface area contributed by atoms with Crippen molar-refractivity contribution >= 4 is 11.6 Å². The van der Waals surface area contributed by atoms with E-state index >= 15 is 0 Å². The van der Waals surface area contributed by atoms with Crippen LogP contribution in [0.25, 0.3) is 0 Å². The lowest BCUT2D eigenvalue weighted by molar-refractivity contribution is -0.114. The van der Waals surface area contributed by atoms with E-state index in [1.54, 1.807) is 6.08 Å². The number of nitrogens with zero attached hydrogens (tertiary/aromatic N) is 1. The van der Waals surface area contributed by atoms with E-state index < -0.39 is 0 Å². The second-order valence-electron chi connectivity index (χ2n) is 5.00. The fourth-order valence-electron chi connectivity index (χ4n) is 1.64. The largest absolute Gasteiger partial charge is 0.321 e. The number of amides is 1. The fraction of sp³-hybridized carbons (Fsp3) is 0.467. The minimum Gasteiger partial charge on any atom is -0.321 e. The van der Waals surface area contributed by atoms with Gasteiger partial charge in [-0.25, -0.2) is 0 Å². The SMILES string of the molecule is C/C=C\C(=NCC)C(=O)NC1=CCC(C)(C)C=C1. The van der Waals surface area contributed by atoms with Crippen LogP contribution in [0.4, 0.5) is 0 Å². The lowest BCUT2D eigenvalue weighted by atomic mass is 9.85. The van der Waals surface area contributed by atoms with Gasteiger partial charge in [-0.05, 0) is 37.8 Å². The molecule has 0 bridgehead atoms. The molecule has 0 aromatic carbocycles. The van der Waals surface area contributed by atoms with Crippen LogP contribution >= 0.6 is 0 Å². The summed E-state index contributed by atoms with van der Waals surface area (Å²) in [5.41, 5.74) is 1.50. The van der Waals surface area contributed by atoms with Gasteiger partial charge in [-0.15, -0.1) is 0 Å². The quantitative estimate of drug-likeness (QED) is 0.761. The number of allylic oxidation sites excluding steroid dienone is 4. The third-order valence-electron chi connectivity index (χ3n) is 2.71. The molecule has 0 saturated heterocycles. The molecule has 0 spiro atoms. The summed E-state index contributed by atoms with van der Waals surface area (Å²) in [5, 5.41) is 2.88. The van der Waals surface area contributed by atoms with Crippen LogP contribution in [0.3, 0.4) is 0 Å². The Hall–Kier alpha value is -1.64. The molecule has 1 aliphatic carbocycles. The predicted molar refractivity (Wildman–Crippen MR) is 76.6 cm³/mol. The molecule has 0 atom stereocenters. The van der Waals surface area contributed by atoms with Gasteiger partial charge >= 0.3 is 0 Å². The summed E-state index contributed by atoms with van der Waals surface area (Å²) in [6, 6.07) is 0. The first-order valence-corrected chi connectivity index (χ1v) is 6.36. The molecule has 1 N–H and O–H groups in total. The molecule has 0 radical (unpaired) electrons. The number of carbonyl (C=O) groups excluding carboxylic acids is 1. The summed E-state index contributed by atoms with van der Waals surface area (Å²) in [7, 11) is 0. The van der Waals surface area contributed by atoms with E-state index in [4.69, 9.17) is 0 Å². The maximum absolute atomic E-state index is 12.0. The summed E-state index contributed by atoms with van der Waals surface area (Å²) in [6.45, 7) is 8.74. The Morgan fingerprint density at radius 3 is 2.78 bits per heavy atom. The molecule has 1 amide bonds. The minimum atomic E-state index is -0.148. The number of carbonyl (C=O) groups is 1. The van der Waals surface area contributed by atoms with Crippen LogP contribution in [0.15, 0.2) is 41.1 Å². The van der Waals surface area contributed by atoms with E-state index in [1.807, 2.05) is 26.0 Å². The molecule has 98 valence electrons. The Kier molecular flexibility index (Phi) is 5.08. The molecule has 18 heavy (non-hydrogen) atoms. The van der Waals surface area contributed by atoms with Crippen molar-refractivity contribution in [3.63, 3.8) is 0 Å². The molecule has 0 unspecified atom stereocenters. The standard InChI is InChI=1S/C15H22N2O/c1-5-7-13(16-6-2)14(18)17-12-8-10-15(3,4)11-9-12/h5,7-10H,6,11H2,1-4H3,(H,17,18)/b7-5-,16-13?. The van der Waals surface area contributed by atoms with Crippen LogP contribution in [0.1, 0.15) is 34.1 Å². The van der Waals surface area contributed by atoms with Gasteiger partial charge in [0.15, 0.2) is 0 Å². The molecule has 3 heteroatoms. The average molecular weight is 246 g/mol. The lowest BCUT2D eigenvalue weighted by Crippen LogP contribution is -2.30. The van der Waals surface area contributed by atoms with Crippen LogP contribution < -0.4 is 5.32 Å². The summed E-state index contributed by atoms with van der Waals surface area (Å²) in [5.74, 6) is -0.148. The zero-order valence-electron chi connectivity index (χ0n) is 11.7. The number of rotatable bonds is 4. The Morgan fingerprint density at radius 1 is 1.56 bits per heavy atom. The molecule has 0 saturated carbocycles. The van der Waals surface area contributed by atoms with Gasteiger partial charge in [-0.2, -0.15) is 0 Å². The normalized spacial score (nSPS) is 18.9. The van der Waals surface area contributed by atoms with E-state index in [0.717, 1.165) is 12.1 Å². The maximum atomic E-state index is 12.0. The smallest absolute Gasteiger partial charge is 0.273 e. The molecular formula is C15H22N2O. The first-order chi connectivity index (χ1) is 8.48. The number of hydrogen-bond acceptors (Lipinski definition) is 2. The van der Waals surface area contributed by atoms with Crippen LogP contribution in [-0.2, 0) is 4.79 Å². The minimum absolute atomic E-state index is 0.148. The van der Waals surface area contributed by atoms with E-state index in [0.29, 0.717) is 12.3 Å². The van der Waals surface area contributed by atoms with Gasteiger partial charge in [0, 0.05) is 12.2 Å². The molecule has 1 aliphatic rings. The fourth-order valence-corrected chi connectivity index (χ4v) is 1.64. The Bertz CT molecular complexity index is 426. The topological polar surface area (TPSA) is 41.5 Å². The summed E-state index contributed by atoms with van der Waals surface area (Å²) < 4.78 is 0. The number of aliphatic imine (C=N–C) groups is 1. The third-order valence-corrected chi connectivity index (χ3v) is 2.71. The van der Waals surface area contributed by atoms with Gasteiger partial charge < -0.3 is 5.32 Å². The Labute approximate surface area is 109 Å². The van der Waals surface area contributed by atoms with Crippen molar-refractivity contribution in [1.82, 2.24) is 5.32 Å². The van der Waals surface area contributed by atoms with Crippen LogP contribution in [-0.4, -0.2) is 18.2 Å². The monoisotopic (exact) mass is 246 g/mol. The average Bonchev–Trinajstić information content (AvgIpc) is 2.31. The second kappa shape index (κ2) is 6.34. The van der Waals surface area contributed by atoms with Crippen molar-refractivity contribution in [2.75, 3.05) is 6.54 Å². The molecule has 0 aliphatic heterocycles. The number of hydrogen-bond donors (Lipinski definition) is 1. The second-order valence-corrected chi connectivity index (χ2v) is 5.00. The highest BCUT2D eigenvalue weighted by atomic mass is 16.1. The van der Waals surface area contributed by atoms with Gasteiger partial charge in [0.2, 0.25) is 0 Å². The molecular weight excluding hydrogens is 224 g/mol. The van der Waals surface area contributed by atoms with Crippen molar-refractivity contribution < 1.29 is 4.79 Å². The van der Waals surface area contributed by atoms with Gasteiger partial charge in [0.05, 0.1) is 0 Å². The molecule has 0 aromatic heterocycles. The Balaban J connectivity index is 2.69. The lowest BCUT2D eigenvalue weighted by Gasteiger charge is -2.22. The Morgan fingerprint density at radius 2 is 2.28 bits per heavy atom. The van der Waals surface area contributed by atoms with E-state index in [2.05, 4.69) is 36.3 Å². The summed E-state index contributed by atoms with van der Waals surface area (Å²) in [4.78, 5) is 16.2. The number of nitrogens with one attached hydrogen (secondary N) is 1. The van der Waals surface area contributed by atoms with Crippen molar-refractivity contribution in [3.8, 4) is 0 Å². The first-order valence-electron chi connectivity index (χ1n) is 6.36. The molecule has 0 aromatic rings. The highest BCUT2D eigenvalue weighted by Crippen LogP contribution is 2.27. The molecule has 0 heterocycles. The summed E-state index contributed by atoms with van der Waals surface area (Å²) >= 11 is 0. The predicted octanol–water partition coefficient (Wildman–Crippen LogP) is 3.01. The van der Waals surface area contributed by atoms with E-state index in [-0.39, 0.29) is 11.3 Å². The zero-order chi connectivity index (χ0) is 13.6. The first kappa shape index (κ1) is 14.4. The highest BCUT2D eigenvalue weighted by Gasteiger charge is 2.17. The zero-order valence-corrected chi connectivity index (χ0v) is 11.7. The maximum Gasteiger partial charge on any atom is 0.273 e.